The number of urea groups is 2. The van der Waals surface area contributed by atoms with Gasteiger partial charge in [0, 0.05) is 67.8 Å². The number of carbonyl (C=O) groups is 2. The number of likely N-dealkylation sites (tertiary alicyclic amines) is 1. The fourth-order valence-electron chi connectivity index (χ4n) is 9.61. The summed E-state index contributed by atoms with van der Waals surface area (Å²) in [5.41, 5.74) is 8.58. The first-order chi connectivity index (χ1) is 33.3. The lowest BCUT2D eigenvalue weighted by molar-refractivity contribution is 0.130. The molecule has 3 saturated carbocycles. The molecular weight excluding hydrogens is 907 g/mol. The Bertz CT molecular complexity index is 2100. The Morgan fingerprint density at radius 2 is 1.23 bits per heavy atom. The van der Waals surface area contributed by atoms with E-state index < -0.39 is 10.1 Å². The number of anilines is 2. The lowest BCUT2D eigenvalue weighted by atomic mass is 9.83. The minimum absolute atomic E-state index is 0. The summed E-state index contributed by atoms with van der Waals surface area (Å²) in [6.07, 6.45) is 17.9. The van der Waals surface area contributed by atoms with Crippen molar-refractivity contribution in [3.63, 3.8) is 0 Å². The Labute approximate surface area is 419 Å². The van der Waals surface area contributed by atoms with Crippen LogP contribution in [0.2, 0.25) is 0 Å². The quantitative estimate of drug-likeness (QED) is 0.0667. The maximum absolute atomic E-state index is 12.7. The van der Waals surface area contributed by atoms with Crippen LogP contribution >= 0.6 is 0 Å². The zero-order valence-corrected chi connectivity index (χ0v) is 42.4. The lowest BCUT2D eigenvalue weighted by Gasteiger charge is -2.39. The van der Waals surface area contributed by atoms with E-state index in [1.54, 1.807) is 45.5 Å². The van der Waals surface area contributed by atoms with E-state index in [0.717, 1.165) is 75.1 Å². The van der Waals surface area contributed by atoms with Crippen LogP contribution in [-0.4, -0.2) is 115 Å². The Balaban J connectivity index is 0.000000298. The number of nitrogens with one attached hydrogen (secondary N) is 4. The Kier molecular flexibility index (Phi) is 27.8. The monoisotopic (exact) mass is 992 g/mol. The van der Waals surface area contributed by atoms with Crippen molar-refractivity contribution < 1.29 is 36.8 Å². The Morgan fingerprint density at radius 1 is 0.743 bits per heavy atom. The number of hydrogen-bond acceptors (Lipinski definition) is 11. The summed E-state index contributed by atoms with van der Waals surface area (Å²) >= 11 is 0. The zero-order chi connectivity index (χ0) is 49.9. The van der Waals surface area contributed by atoms with E-state index in [4.69, 9.17) is 24.5 Å². The molecule has 0 spiro atoms. The molecule has 0 radical (unpaired) electrons. The maximum Gasteiger partial charge on any atom is 0.319 e. The molecule has 1 saturated heterocycles. The van der Waals surface area contributed by atoms with Gasteiger partial charge in [-0.3, -0.25) is 4.18 Å². The summed E-state index contributed by atoms with van der Waals surface area (Å²) in [7, 11) is 1.36. The molecule has 4 amide bonds. The minimum Gasteiger partial charge on any atom is -0.497 e. The molecule has 7 N–H and O–H groups in total. The number of ether oxygens (including phenoxy) is 2. The minimum atomic E-state index is -3.47. The van der Waals surface area contributed by atoms with Gasteiger partial charge in [-0.05, 0) is 131 Å². The van der Waals surface area contributed by atoms with E-state index in [9.17, 15) is 18.0 Å². The van der Waals surface area contributed by atoms with Gasteiger partial charge in [0.1, 0.15) is 11.5 Å². The van der Waals surface area contributed by atoms with Crippen molar-refractivity contribution >= 4 is 39.4 Å². The van der Waals surface area contributed by atoms with Crippen molar-refractivity contribution in [2.45, 2.75) is 122 Å². The molecule has 1 aliphatic heterocycles. The van der Waals surface area contributed by atoms with E-state index in [1.165, 1.54) is 70.0 Å². The fraction of sp³-hybridized carbons (Fsp3) is 0.593. The van der Waals surface area contributed by atoms with E-state index in [0.29, 0.717) is 23.3 Å². The molecule has 0 aromatic heterocycles. The highest BCUT2D eigenvalue weighted by atomic mass is 32.2. The van der Waals surface area contributed by atoms with E-state index >= 15 is 0 Å². The second-order valence-corrected chi connectivity index (χ2v) is 20.3. The van der Waals surface area contributed by atoms with Crippen molar-refractivity contribution in [3.8, 4) is 11.5 Å². The third kappa shape index (κ3) is 22.9. The Hall–Kier alpha value is -4.96. The molecule has 16 heteroatoms. The number of piperidine rings is 1. The second kappa shape index (κ2) is 32.8. The van der Waals surface area contributed by atoms with Crippen molar-refractivity contribution in [1.82, 2.24) is 15.5 Å². The topological polar surface area (TPSA) is 206 Å². The summed E-state index contributed by atoms with van der Waals surface area (Å²) in [6.45, 7) is 7.02. The van der Waals surface area contributed by atoms with Crippen LogP contribution in [0, 0.1) is 23.7 Å². The number of nitrogens with zero attached hydrogens (tertiary/aromatic N) is 2. The van der Waals surface area contributed by atoms with Crippen molar-refractivity contribution in [3.05, 3.63) is 91.0 Å². The molecule has 0 unspecified atom stereocenters. The first kappa shape index (κ1) is 59.3. The molecule has 3 aliphatic carbocycles. The first-order valence-electron chi connectivity index (χ1n) is 24.8. The van der Waals surface area contributed by atoms with E-state index in [-0.39, 0.29) is 56.7 Å². The van der Waals surface area contributed by atoms with Crippen LogP contribution in [-0.2, 0) is 20.7 Å². The highest BCUT2D eigenvalue weighted by Gasteiger charge is 2.31. The molecular formula is C54H85N7O8S. The van der Waals surface area contributed by atoms with E-state index in [1.807, 2.05) is 24.3 Å². The zero-order valence-electron chi connectivity index (χ0n) is 41.6. The number of aliphatic imine (C=N–C) groups is 1. The van der Waals surface area contributed by atoms with Crippen LogP contribution in [0.1, 0.15) is 103 Å². The molecule has 7 rings (SSSR count). The number of rotatable bonds is 14. The van der Waals surface area contributed by atoms with Gasteiger partial charge >= 0.3 is 12.1 Å². The van der Waals surface area contributed by atoms with Gasteiger partial charge in [0.15, 0.2) is 0 Å². The number of carbonyl (C=O) groups excluding carboxylic acids is 2. The molecule has 390 valence electrons. The molecule has 15 nitrogen and oxygen atoms in total. The number of amides is 4. The predicted molar refractivity (Wildman–Crippen MR) is 285 cm³/mol. The first-order valence-corrected chi connectivity index (χ1v) is 26.7. The molecule has 70 heavy (non-hydrogen) atoms. The number of benzene rings is 3. The number of nitrogens with two attached hydrogens (primary N) is 1. The van der Waals surface area contributed by atoms with Crippen LogP contribution in [0.25, 0.3) is 0 Å². The third-order valence-electron chi connectivity index (χ3n) is 13.5. The van der Waals surface area contributed by atoms with E-state index in [2.05, 4.69) is 73.9 Å². The number of aliphatic hydroxyl groups is 1. The predicted octanol–water partition coefficient (Wildman–Crippen LogP) is 9.29. The standard InChI is InChI=1S/C27H37N3O2.C16H24N2O5S.C7H15NO.C3H5N.CH4/c1-32-25-12-7-11-24(19-25)28-27(31)29-26-13-6-5-10-23(26)20-30-16-14-22(15-17-30)18-21-8-3-2-4-9-21;1-22-14-8-5-7-13(10-14)17-16(19)18-15-9-4-3-6-12(15)11-23-24(2,20)21;8-7-4-2-1-3-6(7)5-9;1-3-4-2;/h2-4,7-9,11-12,19,22-23,26H,5-6,10,13-18,20H2,1H3,(H2,28,29,31);5,7-8,10,12,15H,3-4,6,9,11H2,1-2H3,(H2,17,18,19);6-7,9H,1-5,8H2;1H2,2H3;1H4/t23-,26+;12-,15+;6-,7+;;/m000../s1. The number of aliphatic hydroxyl groups excluding tert-OH is 1. The Morgan fingerprint density at radius 3 is 1.70 bits per heavy atom. The molecule has 1 heterocycles. The van der Waals surface area contributed by atoms with Gasteiger partial charge in [-0.15, -0.1) is 0 Å². The summed E-state index contributed by atoms with van der Waals surface area (Å²) < 4.78 is 37.6. The molecule has 4 aliphatic rings. The smallest absolute Gasteiger partial charge is 0.319 e. The summed E-state index contributed by atoms with van der Waals surface area (Å²) in [6, 6.07) is 25.4. The summed E-state index contributed by atoms with van der Waals surface area (Å²) in [5, 5.41) is 20.7. The van der Waals surface area contributed by atoms with Gasteiger partial charge in [-0.2, -0.15) is 8.42 Å². The SMILES string of the molecule is C.C=C=NC.COc1cccc(NC(=O)N[C@@H]2CCCC[C@H]2CN2CCC(Cc3ccccc3)CC2)c1.COc1cccc(NC(=O)N[C@@H]2CCCC[C@H]2COS(C)(=O)=O)c1.N[C@@H]1CCCC[C@H]1CO. The third-order valence-corrected chi connectivity index (χ3v) is 14.1. The second-order valence-electron chi connectivity index (χ2n) is 18.7. The molecule has 3 aromatic carbocycles. The van der Waals surface area contributed by atoms with Crippen LogP contribution in [0.5, 0.6) is 11.5 Å². The van der Waals surface area contributed by atoms with Crippen LogP contribution in [0.3, 0.4) is 0 Å². The van der Waals surface area contributed by atoms with Gasteiger partial charge in [-0.25, -0.2) is 14.6 Å². The highest BCUT2D eigenvalue weighted by molar-refractivity contribution is 7.85. The van der Waals surface area contributed by atoms with Crippen molar-refractivity contribution in [2.24, 2.45) is 34.4 Å². The van der Waals surface area contributed by atoms with Crippen molar-refractivity contribution in [1.29, 1.82) is 0 Å². The van der Waals surface area contributed by atoms with Crippen molar-refractivity contribution in [2.75, 3.05) is 71.0 Å². The van der Waals surface area contributed by atoms with Gasteiger partial charge in [-0.1, -0.05) is 88.4 Å². The number of methoxy groups -OCH3 is 2. The largest absolute Gasteiger partial charge is 0.497 e. The van der Waals surface area contributed by atoms with Crippen LogP contribution in [0.15, 0.2) is 90.4 Å². The summed E-state index contributed by atoms with van der Waals surface area (Å²) in [4.78, 5) is 30.9. The maximum atomic E-state index is 12.7. The van der Waals surface area contributed by atoms with Gasteiger partial charge in [0.2, 0.25) is 0 Å². The molecule has 0 bridgehead atoms. The average molecular weight is 992 g/mol. The van der Waals surface area contributed by atoms with Gasteiger partial charge in [0.25, 0.3) is 10.1 Å². The fourth-order valence-corrected chi connectivity index (χ4v) is 10.0. The lowest BCUT2D eigenvalue weighted by Crippen LogP contribution is -2.48. The normalized spacial score (nSPS) is 22.4. The highest BCUT2D eigenvalue weighted by Crippen LogP contribution is 2.29. The van der Waals surface area contributed by atoms with Crippen LogP contribution in [0.4, 0.5) is 21.0 Å². The van der Waals surface area contributed by atoms with Crippen LogP contribution < -0.4 is 36.5 Å². The molecule has 6 atom stereocenters. The summed E-state index contributed by atoms with van der Waals surface area (Å²) in [5.74, 6) is 5.41. The van der Waals surface area contributed by atoms with Gasteiger partial charge < -0.3 is 46.5 Å². The average Bonchev–Trinajstić information content (AvgIpc) is 3.35. The molecule has 3 aromatic rings. The van der Waals surface area contributed by atoms with Gasteiger partial charge in [0.05, 0.1) is 27.1 Å². The molecule has 4 fully saturated rings. The number of hydrogen-bond donors (Lipinski definition) is 6.